The van der Waals surface area contributed by atoms with E-state index in [9.17, 15) is 4.79 Å². The van der Waals surface area contributed by atoms with Gasteiger partial charge in [-0.1, -0.05) is 13.8 Å². The molecule has 1 unspecified atom stereocenters. The highest BCUT2D eigenvalue weighted by molar-refractivity contribution is 5.75. The summed E-state index contributed by atoms with van der Waals surface area (Å²) in [5.41, 5.74) is 0. The predicted octanol–water partition coefficient (Wildman–Crippen LogP) is 0.810. The van der Waals surface area contributed by atoms with Gasteiger partial charge in [0.1, 0.15) is 6.04 Å². The van der Waals surface area contributed by atoms with E-state index in [1.54, 1.807) is 14.0 Å². The van der Waals surface area contributed by atoms with Crippen LogP contribution < -0.4 is 5.32 Å². The van der Waals surface area contributed by atoms with Gasteiger partial charge in [-0.05, 0) is 19.9 Å². The van der Waals surface area contributed by atoms with Crippen molar-refractivity contribution in [3.8, 4) is 0 Å². The van der Waals surface area contributed by atoms with Crippen molar-refractivity contribution in [3.63, 3.8) is 0 Å². The van der Waals surface area contributed by atoms with Crippen molar-refractivity contribution in [1.29, 1.82) is 0 Å². The van der Waals surface area contributed by atoms with E-state index in [1.807, 2.05) is 0 Å². The first-order valence-electron chi connectivity index (χ1n) is 5.03. The van der Waals surface area contributed by atoms with Crippen LogP contribution in [0.1, 0.15) is 20.8 Å². The van der Waals surface area contributed by atoms with Gasteiger partial charge in [-0.3, -0.25) is 4.79 Å². The number of hydrogen-bond acceptors (Lipinski definition) is 4. The molecule has 0 aliphatic heterocycles. The largest absolute Gasteiger partial charge is 0.465 e. The van der Waals surface area contributed by atoms with Crippen LogP contribution >= 0.6 is 0 Å². The number of esters is 1. The van der Waals surface area contributed by atoms with E-state index >= 15 is 0 Å². The summed E-state index contributed by atoms with van der Waals surface area (Å²) in [5, 5.41) is 2.86. The molecule has 0 aromatic rings. The molecule has 0 rings (SSSR count). The lowest BCUT2D eigenvalue weighted by molar-refractivity contribution is -0.147. The average molecular weight is 203 g/mol. The standard InChI is InChI=1S/C10H21NO3/c1-5-14-10(12)9(11-4)7-13-6-8(2)3/h8-9,11H,5-7H2,1-4H3. The minimum Gasteiger partial charge on any atom is -0.465 e. The van der Waals surface area contributed by atoms with Gasteiger partial charge in [0.25, 0.3) is 0 Å². The lowest BCUT2D eigenvalue weighted by Crippen LogP contribution is -2.39. The molecule has 4 heteroatoms. The predicted molar refractivity (Wildman–Crippen MR) is 55.1 cm³/mol. The summed E-state index contributed by atoms with van der Waals surface area (Å²) in [7, 11) is 1.72. The van der Waals surface area contributed by atoms with Crippen LogP contribution in [0.5, 0.6) is 0 Å². The number of carbonyl (C=O) groups is 1. The second-order valence-electron chi connectivity index (χ2n) is 3.52. The van der Waals surface area contributed by atoms with Crippen molar-refractivity contribution in [2.45, 2.75) is 26.8 Å². The topological polar surface area (TPSA) is 47.6 Å². The Labute approximate surface area is 86.0 Å². The van der Waals surface area contributed by atoms with Gasteiger partial charge in [0.05, 0.1) is 13.2 Å². The molecule has 0 aromatic heterocycles. The number of hydrogen-bond donors (Lipinski definition) is 1. The Morgan fingerprint density at radius 3 is 2.43 bits per heavy atom. The van der Waals surface area contributed by atoms with Gasteiger partial charge in [-0.25, -0.2) is 0 Å². The third kappa shape index (κ3) is 5.94. The van der Waals surface area contributed by atoms with Crippen LogP contribution in [-0.2, 0) is 14.3 Å². The van der Waals surface area contributed by atoms with E-state index in [4.69, 9.17) is 9.47 Å². The van der Waals surface area contributed by atoms with Gasteiger partial charge in [0, 0.05) is 6.61 Å². The molecule has 0 heterocycles. The van der Waals surface area contributed by atoms with E-state index in [1.165, 1.54) is 0 Å². The molecule has 0 spiro atoms. The Bertz CT molecular complexity index is 159. The highest BCUT2D eigenvalue weighted by atomic mass is 16.5. The Hall–Kier alpha value is -0.610. The zero-order valence-corrected chi connectivity index (χ0v) is 9.50. The van der Waals surface area contributed by atoms with Gasteiger partial charge in [-0.15, -0.1) is 0 Å². The lowest BCUT2D eigenvalue weighted by atomic mass is 10.2. The fourth-order valence-corrected chi connectivity index (χ4v) is 0.934. The van der Waals surface area contributed by atoms with Crippen molar-refractivity contribution >= 4 is 5.97 Å². The maximum atomic E-state index is 11.3. The van der Waals surface area contributed by atoms with E-state index in [0.717, 1.165) is 0 Å². The van der Waals surface area contributed by atoms with E-state index in [0.29, 0.717) is 25.7 Å². The van der Waals surface area contributed by atoms with Gasteiger partial charge >= 0.3 is 5.97 Å². The van der Waals surface area contributed by atoms with Crippen LogP contribution in [0.3, 0.4) is 0 Å². The molecule has 0 radical (unpaired) electrons. The molecule has 4 nitrogen and oxygen atoms in total. The number of carbonyl (C=O) groups excluding carboxylic acids is 1. The third-order valence-electron chi connectivity index (χ3n) is 1.66. The van der Waals surface area contributed by atoms with Crippen molar-refractivity contribution in [3.05, 3.63) is 0 Å². The monoisotopic (exact) mass is 203 g/mol. The summed E-state index contributed by atoms with van der Waals surface area (Å²) in [5.74, 6) is 0.230. The molecule has 0 aliphatic rings. The van der Waals surface area contributed by atoms with Crippen LogP contribution in [0, 0.1) is 5.92 Å². The van der Waals surface area contributed by atoms with Crippen LogP contribution in [-0.4, -0.2) is 38.9 Å². The molecule has 0 aliphatic carbocycles. The van der Waals surface area contributed by atoms with Crippen LogP contribution in [0.25, 0.3) is 0 Å². The second kappa shape index (κ2) is 7.76. The number of rotatable bonds is 7. The van der Waals surface area contributed by atoms with Gasteiger partial charge in [0.15, 0.2) is 0 Å². The van der Waals surface area contributed by atoms with Crippen molar-refractivity contribution in [2.75, 3.05) is 26.9 Å². The number of ether oxygens (including phenoxy) is 2. The first-order valence-corrected chi connectivity index (χ1v) is 5.03. The highest BCUT2D eigenvalue weighted by Crippen LogP contribution is 1.95. The molecule has 0 bridgehead atoms. The molecule has 0 saturated heterocycles. The summed E-state index contributed by atoms with van der Waals surface area (Å²) in [6.07, 6.45) is 0. The zero-order valence-electron chi connectivity index (χ0n) is 9.50. The zero-order chi connectivity index (χ0) is 11.0. The molecule has 0 fully saturated rings. The summed E-state index contributed by atoms with van der Waals surface area (Å²) < 4.78 is 10.2. The number of nitrogens with one attached hydrogen (secondary N) is 1. The smallest absolute Gasteiger partial charge is 0.325 e. The number of likely N-dealkylation sites (N-methyl/N-ethyl adjacent to an activating group) is 1. The maximum absolute atomic E-state index is 11.3. The highest BCUT2D eigenvalue weighted by Gasteiger charge is 2.17. The Morgan fingerprint density at radius 1 is 1.36 bits per heavy atom. The summed E-state index contributed by atoms with van der Waals surface area (Å²) in [6.45, 7) is 7.36. The van der Waals surface area contributed by atoms with Crippen molar-refractivity contribution in [2.24, 2.45) is 5.92 Å². The van der Waals surface area contributed by atoms with E-state index in [2.05, 4.69) is 19.2 Å². The second-order valence-corrected chi connectivity index (χ2v) is 3.52. The SMILES string of the molecule is CCOC(=O)C(COCC(C)C)NC. The molecular weight excluding hydrogens is 182 g/mol. The third-order valence-corrected chi connectivity index (χ3v) is 1.66. The minimum absolute atomic E-state index is 0.251. The van der Waals surface area contributed by atoms with Crippen molar-refractivity contribution < 1.29 is 14.3 Å². The summed E-state index contributed by atoms with van der Waals surface area (Å²) in [6, 6.07) is -0.353. The van der Waals surface area contributed by atoms with Crippen LogP contribution in [0.15, 0.2) is 0 Å². The minimum atomic E-state index is -0.353. The summed E-state index contributed by atoms with van der Waals surface area (Å²) in [4.78, 5) is 11.3. The lowest BCUT2D eigenvalue weighted by Gasteiger charge is -2.15. The fourth-order valence-electron chi connectivity index (χ4n) is 0.934. The first-order chi connectivity index (χ1) is 6.61. The molecule has 0 saturated carbocycles. The maximum Gasteiger partial charge on any atom is 0.325 e. The summed E-state index contributed by atoms with van der Waals surface area (Å²) >= 11 is 0. The van der Waals surface area contributed by atoms with Crippen molar-refractivity contribution in [1.82, 2.24) is 5.32 Å². The Balaban J connectivity index is 3.73. The molecule has 0 amide bonds. The molecule has 1 N–H and O–H groups in total. The molecular formula is C10H21NO3. The normalized spacial score (nSPS) is 12.9. The Kier molecular flexibility index (Phi) is 7.42. The van der Waals surface area contributed by atoms with Crippen LogP contribution in [0.2, 0.25) is 0 Å². The van der Waals surface area contributed by atoms with Crippen LogP contribution in [0.4, 0.5) is 0 Å². The van der Waals surface area contributed by atoms with E-state index in [-0.39, 0.29) is 12.0 Å². The quantitative estimate of drug-likeness (QED) is 0.622. The Morgan fingerprint density at radius 2 is 2.00 bits per heavy atom. The van der Waals surface area contributed by atoms with E-state index < -0.39 is 0 Å². The van der Waals surface area contributed by atoms with Gasteiger partial charge < -0.3 is 14.8 Å². The molecule has 84 valence electrons. The molecule has 14 heavy (non-hydrogen) atoms. The fraction of sp³-hybridized carbons (Fsp3) is 0.900. The molecule has 0 aromatic carbocycles. The first kappa shape index (κ1) is 13.4. The average Bonchev–Trinajstić information content (AvgIpc) is 2.12. The van der Waals surface area contributed by atoms with Gasteiger partial charge in [-0.2, -0.15) is 0 Å². The van der Waals surface area contributed by atoms with Gasteiger partial charge in [0.2, 0.25) is 0 Å². The molecule has 1 atom stereocenters.